The Bertz CT molecular complexity index is 548. The second kappa shape index (κ2) is 7.22. The minimum absolute atomic E-state index is 0.155. The maximum Gasteiger partial charge on any atom is 0.122 e. The Labute approximate surface area is 124 Å². The summed E-state index contributed by atoms with van der Waals surface area (Å²) in [6, 6.07) is 7.80. The lowest BCUT2D eigenvalue weighted by molar-refractivity contribution is 0.405. The summed E-state index contributed by atoms with van der Waals surface area (Å²) >= 11 is 6.08. The molecular formula is C15H18ClN3O. The van der Waals surface area contributed by atoms with Crippen molar-refractivity contribution < 1.29 is 4.74 Å². The van der Waals surface area contributed by atoms with Crippen LogP contribution in [-0.4, -0.2) is 23.9 Å². The fourth-order valence-corrected chi connectivity index (χ4v) is 2.38. The minimum atomic E-state index is 0.155. The van der Waals surface area contributed by atoms with Crippen LogP contribution in [0.3, 0.4) is 0 Å². The van der Waals surface area contributed by atoms with Crippen LogP contribution in [-0.2, 0) is 6.42 Å². The molecule has 1 aromatic heterocycles. The summed E-state index contributed by atoms with van der Waals surface area (Å²) in [6.07, 6.45) is 4.27. The number of hydrogen-bond donors (Lipinski definition) is 1. The molecule has 2 rings (SSSR count). The molecule has 0 aliphatic rings. The average molecular weight is 292 g/mol. The lowest BCUT2D eigenvalue weighted by Gasteiger charge is -2.19. The van der Waals surface area contributed by atoms with E-state index in [0.29, 0.717) is 5.02 Å². The van der Waals surface area contributed by atoms with Gasteiger partial charge in [0.15, 0.2) is 0 Å². The van der Waals surface area contributed by atoms with Crippen LogP contribution < -0.4 is 10.1 Å². The maximum absolute atomic E-state index is 6.08. The molecule has 1 unspecified atom stereocenters. The van der Waals surface area contributed by atoms with Gasteiger partial charge in [-0.2, -0.15) is 10.2 Å². The van der Waals surface area contributed by atoms with Crippen molar-refractivity contribution in [2.24, 2.45) is 0 Å². The van der Waals surface area contributed by atoms with E-state index < -0.39 is 0 Å². The quantitative estimate of drug-likeness (QED) is 0.889. The third kappa shape index (κ3) is 3.68. The number of ether oxygens (including phenoxy) is 1. The monoisotopic (exact) mass is 291 g/mol. The average Bonchev–Trinajstić information content (AvgIpc) is 2.48. The van der Waals surface area contributed by atoms with Crippen molar-refractivity contribution in [3.63, 3.8) is 0 Å². The number of halogens is 1. The summed E-state index contributed by atoms with van der Waals surface area (Å²) in [5.41, 5.74) is 2.17. The molecular weight excluding hydrogens is 274 g/mol. The molecule has 0 saturated carbocycles. The highest BCUT2D eigenvalue weighted by Crippen LogP contribution is 2.27. The van der Waals surface area contributed by atoms with Gasteiger partial charge in [0.2, 0.25) is 0 Å². The molecule has 1 aromatic carbocycles. The standard InChI is InChI=1S/C15H18ClN3O/c1-3-17-14(11-6-7-18-19-10-11)9-12-8-13(16)4-5-15(12)20-2/h4-8,10,14,17H,3,9H2,1-2H3. The SMILES string of the molecule is CCNC(Cc1cc(Cl)ccc1OC)c1ccnnc1. The molecule has 1 atom stereocenters. The molecule has 0 radical (unpaired) electrons. The van der Waals surface area contributed by atoms with Gasteiger partial charge in [-0.05, 0) is 48.4 Å². The van der Waals surface area contributed by atoms with Gasteiger partial charge in [0.05, 0.1) is 13.3 Å². The van der Waals surface area contributed by atoms with E-state index in [0.717, 1.165) is 29.8 Å². The van der Waals surface area contributed by atoms with E-state index in [1.165, 1.54) is 0 Å². The van der Waals surface area contributed by atoms with E-state index in [9.17, 15) is 0 Å². The lowest BCUT2D eigenvalue weighted by Crippen LogP contribution is -2.23. The Morgan fingerprint density at radius 3 is 2.80 bits per heavy atom. The van der Waals surface area contributed by atoms with Crippen LogP contribution in [0.2, 0.25) is 5.02 Å². The van der Waals surface area contributed by atoms with Crippen LogP contribution in [0.5, 0.6) is 5.75 Å². The van der Waals surface area contributed by atoms with Gasteiger partial charge in [0.25, 0.3) is 0 Å². The van der Waals surface area contributed by atoms with Crippen LogP contribution in [0, 0.1) is 0 Å². The number of benzene rings is 1. The zero-order chi connectivity index (χ0) is 14.4. The third-order valence-electron chi connectivity index (χ3n) is 3.13. The van der Waals surface area contributed by atoms with Gasteiger partial charge >= 0.3 is 0 Å². The van der Waals surface area contributed by atoms with Crippen molar-refractivity contribution in [2.45, 2.75) is 19.4 Å². The van der Waals surface area contributed by atoms with E-state index in [1.54, 1.807) is 19.5 Å². The molecule has 0 aliphatic carbocycles. The zero-order valence-electron chi connectivity index (χ0n) is 11.6. The summed E-state index contributed by atoms with van der Waals surface area (Å²) in [4.78, 5) is 0. The number of nitrogens with zero attached hydrogens (tertiary/aromatic N) is 2. The molecule has 0 aliphatic heterocycles. The molecule has 4 nitrogen and oxygen atoms in total. The highest BCUT2D eigenvalue weighted by Gasteiger charge is 2.14. The van der Waals surface area contributed by atoms with Gasteiger partial charge in [-0.15, -0.1) is 0 Å². The second-order valence-corrected chi connectivity index (χ2v) is 4.88. The minimum Gasteiger partial charge on any atom is -0.496 e. The summed E-state index contributed by atoms with van der Waals surface area (Å²) in [5, 5.41) is 11.9. The van der Waals surface area contributed by atoms with Crippen molar-refractivity contribution in [1.82, 2.24) is 15.5 Å². The van der Waals surface area contributed by atoms with Gasteiger partial charge in [-0.1, -0.05) is 18.5 Å². The fourth-order valence-electron chi connectivity index (χ4n) is 2.19. The van der Waals surface area contributed by atoms with Gasteiger partial charge in [-0.3, -0.25) is 0 Å². The largest absolute Gasteiger partial charge is 0.496 e. The van der Waals surface area contributed by atoms with Gasteiger partial charge in [0.1, 0.15) is 5.75 Å². The van der Waals surface area contributed by atoms with Gasteiger partial charge < -0.3 is 10.1 Å². The molecule has 0 bridgehead atoms. The van der Waals surface area contributed by atoms with Crippen LogP contribution >= 0.6 is 11.6 Å². The number of nitrogens with one attached hydrogen (secondary N) is 1. The first-order valence-corrected chi connectivity index (χ1v) is 6.94. The number of methoxy groups -OCH3 is 1. The van der Waals surface area contributed by atoms with Gasteiger partial charge in [-0.25, -0.2) is 0 Å². The molecule has 5 heteroatoms. The first-order valence-electron chi connectivity index (χ1n) is 6.57. The van der Waals surface area contributed by atoms with Crippen molar-refractivity contribution in [1.29, 1.82) is 0 Å². The molecule has 0 fully saturated rings. The van der Waals surface area contributed by atoms with Crippen molar-refractivity contribution in [3.05, 3.63) is 52.8 Å². The molecule has 1 heterocycles. The van der Waals surface area contributed by atoms with E-state index in [1.807, 2.05) is 24.3 Å². The lowest BCUT2D eigenvalue weighted by atomic mass is 10.00. The number of likely N-dealkylation sites (N-methyl/N-ethyl adjacent to an activating group) is 1. The van der Waals surface area contributed by atoms with Crippen molar-refractivity contribution in [3.8, 4) is 5.75 Å². The topological polar surface area (TPSA) is 47.0 Å². The van der Waals surface area contributed by atoms with E-state index >= 15 is 0 Å². The van der Waals surface area contributed by atoms with E-state index in [4.69, 9.17) is 16.3 Å². The summed E-state index contributed by atoms with van der Waals surface area (Å²) < 4.78 is 5.40. The molecule has 0 spiro atoms. The van der Waals surface area contributed by atoms with Crippen LogP contribution in [0.1, 0.15) is 24.1 Å². The van der Waals surface area contributed by atoms with Crippen LogP contribution in [0.25, 0.3) is 0 Å². The molecule has 2 aromatic rings. The number of hydrogen-bond acceptors (Lipinski definition) is 4. The molecule has 106 valence electrons. The zero-order valence-corrected chi connectivity index (χ0v) is 12.4. The Balaban J connectivity index is 2.26. The first-order chi connectivity index (χ1) is 9.74. The fraction of sp³-hybridized carbons (Fsp3) is 0.333. The Morgan fingerprint density at radius 2 is 2.15 bits per heavy atom. The normalized spacial score (nSPS) is 12.2. The molecule has 0 saturated heterocycles. The summed E-state index contributed by atoms with van der Waals surface area (Å²) in [7, 11) is 1.67. The third-order valence-corrected chi connectivity index (χ3v) is 3.36. The molecule has 0 amide bonds. The number of rotatable bonds is 6. The highest BCUT2D eigenvalue weighted by molar-refractivity contribution is 6.30. The summed E-state index contributed by atoms with van der Waals surface area (Å²) in [5.74, 6) is 0.847. The Kier molecular flexibility index (Phi) is 5.32. The predicted octanol–water partition coefficient (Wildman–Crippen LogP) is 3.03. The van der Waals surface area contributed by atoms with Crippen molar-refractivity contribution >= 4 is 11.6 Å². The predicted molar refractivity (Wildman–Crippen MR) is 80.2 cm³/mol. The summed E-state index contributed by atoms with van der Waals surface area (Å²) in [6.45, 7) is 2.95. The maximum atomic E-state index is 6.08. The van der Waals surface area contributed by atoms with Crippen LogP contribution in [0.15, 0.2) is 36.7 Å². The Morgan fingerprint density at radius 1 is 1.30 bits per heavy atom. The van der Waals surface area contributed by atoms with E-state index in [2.05, 4.69) is 22.4 Å². The second-order valence-electron chi connectivity index (χ2n) is 4.45. The molecule has 20 heavy (non-hydrogen) atoms. The van der Waals surface area contributed by atoms with Gasteiger partial charge in [0, 0.05) is 17.3 Å². The smallest absolute Gasteiger partial charge is 0.122 e. The molecule has 1 N–H and O–H groups in total. The highest BCUT2D eigenvalue weighted by atomic mass is 35.5. The van der Waals surface area contributed by atoms with Crippen LogP contribution in [0.4, 0.5) is 0 Å². The Hall–Kier alpha value is -1.65. The van der Waals surface area contributed by atoms with E-state index in [-0.39, 0.29) is 6.04 Å². The number of aromatic nitrogens is 2. The van der Waals surface area contributed by atoms with Crippen molar-refractivity contribution in [2.75, 3.05) is 13.7 Å². The first kappa shape index (κ1) is 14.8.